The molecular formula is C23H22Cl2N2O3. The number of nitrogens with zero attached hydrogens (tertiary/aromatic N) is 2. The molecule has 5 nitrogen and oxygen atoms in total. The molecule has 0 radical (unpaired) electrons. The van der Waals surface area contributed by atoms with Gasteiger partial charge in [-0.05, 0) is 55.1 Å². The molecule has 0 unspecified atom stereocenters. The lowest BCUT2D eigenvalue weighted by atomic mass is 9.85. The van der Waals surface area contributed by atoms with Gasteiger partial charge in [0.05, 0.1) is 0 Å². The molecule has 3 atom stereocenters. The molecule has 4 aliphatic heterocycles. The molecular weight excluding hydrogens is 423 g/mol. The van der Waals surface area contributed by atoms with Gasteiger partial charge in [0, 0.05) is 41.2 Å². The Morgan fingerprint density at radius 3 is 2.80 bits per heavy atom. The minimum Gasteiger partial charge on any atom is -0.454 e. The molecule has 6 rings (SSSR count). The summed E-state index contributed by atoms with van der Waals surface area (Å²) in [6, 6.07) is 11.8. The number of hydrogen-bond acceptors (Lipinski definition) is 4. The number of benzene rings is 2. The lowest BCUT2D eigenvalue weighted by Crippen LogP contribution is -2.49. The molecule has 4 aliphatic rings. The smallest absolute Gasteiger partial charge is 0.243 e. The average molecular weight is 445 g/mol. The first kappa shape index (κ1) is 18.8. The van der Waals surface area contributed by atoms with Gasteiger partial charge in [0.2, 0.25) is 12.7 Å². The highest BCUT2D eigenvalue weighted by molar-refractivity contribution is 6.31. The number of hydrogen-bond donors (Lipinski definition) is 0. The maximum Gasteiger partial charge on any atom is 0.243 e. The normalized spacial score (nSPS) is 29.5. The number of carbonyl (C=O) groups excluding carboxylic acids is 1. The van der Waals surface area contributed by atoms with Gasteiger partial charge >= 0.3 is 0 Å². The maximum atomic E-state index is 13.7. The van der Waals surface area contributed by atoms with Gasteiger partial charge in [-0.1, -0.05) is 35.3 Å². The van der Waals surface area contributed by atoms with Crippen LogP contribution in [0.3, 0.4) is 0 Å². The summed E-state index contributed by atoms with van der Waals surface area (Å²) in [6.45, 7) is 2.54. The fourth-order valence-corrected chi connectivity index (χ4v) is 6.55. The fourth-order valence-electron chi connectivity index (χ4n) is 6.05. The van der Waals surface area contributed by atoms with E-state index in [-0.39, 0.29) is 18.7 Å². The van der Waals surface area contributed by atoms with Crippen molar-refractivity contribution in [3.05, 3.63) is 57.6 Å². The second-order valence-corrected chi connectivity index (χ2v) is 9.56. The highest BCUT2D eigenvalue weighted by Gasteiger charge is 2.65. The molecule has 3 saturated heterocycles. The van der Waals surface area contributed by atoms with Gasteiger partial charge in [0.25, 0.3) is 0 Å². The molecule has 7 heteroatoms. The van der Waals surface area contributed by atoms with Crippen LogP contribution in [0.4, 0.5) is 0 Å². The highest BCUT2D eigenvalue weighted by Crippen LogP contribution is 2.57. The Morgan fingerprint density at radius 2 is 1.97 bits per heavy atom. The number of ether oxygens (including phenoxy) is 2. The summed E-state index contributed by atoms with van der Waals surface area (Å²) in [7, 11) is 0. The van der Waals surface area contributed by atoms with Gasteiger partial charge in [0.15, 0.2) is 11.5 Å². The molecule has 2 aromatic carbocycles. The highest BCUT2D eigenvalue weighted by atomic mass is 35.5. The van der Waals surface area contributed by atoms with Crippen LogP contribution in [-0.4, -0.2) is 41.1 Å². The standard InChI is InChI=1S/C23H22Cl2N2O3/c24-16-4-1-3-14(7-16)11-26-12-15-8-19(27-6-2-5-23(15,27)22(26)28)17-9-20-21(10-18(17)25)30-13-29-20/h1,3-4,7,9-10,15,19H,2,5-6,8,11-13H2/t15-,19-,23-/m0/s1. The van der Waals surface area contributed by atoms with Crippen molar-refractivity contribution in [1.82, 2.24) is 9.80 Å². The van der Waals surface area contributed by atoms with E-state index >= 15 is 0 Å². The van der Waals surface area contributed by atoms with Gasteiger partial charge in [-0.2, -0.15) is 0 Å². The molecule has 0 saturated carbocycles. The van der Waals surface area contributed by atoms with Crippen molar-refractivity contribution in [3.8, 4) is 11.5 Å². The molecule has 0 aromatic heterocycles. The molecule has 1 spiro atoms. The predicted octanol–water partition coefficient (Wildman–Crippen LogP) is 4.66. The number of halogens is 2. The number of likely N-dealkylation sites (tertiary alicyclic amines) is 1. The van der Waals surface area contributed by atoms with Crippen molar-refractivity contribution in [2.24, 2.45) is 5.92 Å². The Balaban J connectivity index is 1.31. The number of rotatable bonds is 3. The summed E-state index contributed by atoms with van der Waals surface area (Å²) in [4.78, 5) is 18.1. The van der Waals surface area contributed by atoms with E-state index in [1.807, 2.05) is 41.3 Å². The van der Waals surface area contributed by atoms with Crippen molar-refractivity contribution in [2.75, 3.05) is 19.9 Å². The summed E-state index contributed by atoms with van der Waals surface area (Å²) in [5, 5.41) is 1.40. The maximum absolute atomic E-state index is 13.7. The first-order chi connectivity index (χ1) is 14.6. The molecule has 30 heavy (non-hydrogen) atoms. The summed E-state index contributed by atoms with van der Waals surface area (Å²) in [6.07, 6.45) is 2.88. The minimum atomic E-state index is -0.400. The molecule has 2 aromatic rings. The van der Waals surface area contributed by atoms with Crippen LogP contribution in [-0.2, 0) is 11.3 Å². The SMILES string of the molecule is O=C1N(Cc2cccc(Cl)c2)C[C@@H]2C[C@@H](c3cc4c(cc3Cl)OCO4)N3CCC[C@@]123. The Labute approximate surface area is 185 Å². The molecule has 4 heterocycles. The Morgan fingerprint density at radius 1 is 1.13 bits per heavy atom. The van der Waals surface area contributed by atoms with E-state index in [1.165, 1.54) is 0 Å². The van der Waals surface area contributed by atoms with Gasteiger partial charge < -0.3 is 14.4 Å². The number of amides is 1. The van der Waals surface area contributed by atoms with E-state index in [1.54, 1.807) is 0 Å². The lowest BCUT2D eigenvalue weighted by molar-refractivity contribution is -0.137. The Bertz CT molecular complexity index is 1050. The topological polar surface area (TPSA) is 42.0 Å². The van der Waals surface area contributed by atoms with Gasteiger partial charge in [0.1, 0.15) is 5.54 Å². The third-order valence-corrected chi connectivity index (χ3v) is 7.80. The average Bonchev–Trinajstić information content (AvgIpc) is 3.45. The summed E-state index contributed by atoms with van der Waals surface area (Å²) < 4.78 is 11.0. The van der Waals surface area contributed by atoms with Crippen LogP contribution >= 0.6 is 23.2 Å². The number of fused-ring (bicyclic) bond motifs is 1. The monoisotopic (exact) mass is 444 g/mol. The fraction of sp³-hybridized carbons (Fsp3) is 0.435. The zero-order valence-corrected chi connectivity index (χ0v) is 18.0. The van der Waals surface area contributed by atoms with Crippen LogP contribution in [0.5, 0.6) is 11.5 Å². The van der Waals surface area contributed by atoms with Crippen molar-refractivity contribution in [3.63, 3.8) is 0 Å². The molecule has 1 amide bonds. The lowest BCUT2D eigenvalue weighted by Gasteiger charge is -2.34. The van der Waals surface area contributed by atoms with Crippen molar-refractivity contribution >= 4 is 29.1 Å². The summed E-state index contributed by atoms with van der Waals surface area (Å²) in [5.74, 6) is 2.00. The Hall–Kier alpha value is -1.95. The predicted molar refractivity (Wildman–Crippen MR) is 114 cm³/mol. The van der Waals surface area contributed by atoms with E-state index in [9.17, 15) is 4.79 Å². The zero-order chi connectivity index (χ0) is 20.5. The van der Waals surface area contributed by atoms with Crippen molar-refractivity contribution in [1.29, 1.82) is 0 Å². The van der Waals surface area contributed by atoms with E-state index in [0.29, 0.717) is 28.3 Å². The van der Waals surface area contributed by atoms with Crippen LogP contribution in [0.25, 0.3) is 0 Å². The van der Waals surface area contributed by atoms with Crippen LogP contribution in [0.1, 0.15) is 36.4 Å². The molecule has 0 bridgehead atoms. The van der Waals surface area contributed by atoms with E-state index in [2.05, 4.69) is 4.90 Å². The Kier molecular flexibility index (Phi) is 4.24. The van der Waals surface area contributed by atoms with Gasteiger partial charge in [-0.15, -0.1) is 0 Å². The summed E-state index contributed by atoms with van der Waals surface area (Å²) in [5.41, 5.74) is 1.72. The van der Waals surface area contributed by atoms with Gasteiger partial charge in [-0.25, -0.2) is 0 Å². The van der Waals surface area contributed by atoms with Crippen LogP contribution in [0, 0.1) is 5.92 Å². The van der Waals surface area contributed by atoms with Gasteiger partial charge in [-0.3, -0.25) is 9.69 Å². The quantitative estimate of drug-likeness (QED) is 0.690. The molecule has 0 N–H and O–H groups in total. The zero-order valence-electron chi connectivity index (χ0n) is 16.4. The van der Waals surface area contributed by atoms with Crippen LogP contribution < -0.4 is 9.47 Å². The van der Waals surface area contributed by atoms with E-state index in [4.69, 9.17) is 32.7 Å². The van der Waals surface area contributed by atoms with Crippen LogP contribution in [0.2, 0.25) is 10.0 Å². The first-order valence-electron chi connectivity index (χ1n) is 10.5. The number of carbonyl (C=O) groups is 1. The molecule has 156 valence electrons. The van der Waals surface area contributed by atoms with E-state index in [0.717, 1.165) is 49.2 Å². The third-order valence-electron chi connectivity index (χ3n) is 7.24. The first-order valence-corrected chi connectivity index (χ1v) is 11.2. The molecule has 0 aliphatic carbocycles. The second kappa shape index (κ2) is 6.78. The second-order valence-electron chi connectivity index (χ2n) is 8.71. The van der Waals surface area contributed by atoms with Crippen molar-refractivity contribution in [2.45, 2.75) is 37.4 Å². The summed E-state index contributed by atoms with van der Waals surface area (Å²) >= 11 is 12.8. The largest absolute Gasteiger partial charge is 0.454 e. The van der Waals surface area contributed by atoms with E-state index < -0.39 is 5.54 Å². The minimum absolute atomic E-state index is 0.136. The van der Waals surface area contributed by atoms with Crippen molar-refractivity contribution < 1.29 is 14.3 Å². The van der Waals surface area contributed by atoms with Crippen LogP contribution in [0.15, 0.2) is 36.4 Å². The third kappa shape index (κ3) is 2.62. The molecule has 3 fully saturated rings.